The second kappa shape index (κ2) is 11.5. The second-order valence-electron chi connectivity index (χ2n) is 9.24. The molecule has 184 valence electrons. The topological polar surface area (TPSA) is 71.0 Å². The van der Waals surface area contributed by atoms with Crippen LogP contribution in [0.1, 0.15) is 55.4 Å². The summed E-state index contributed by atoms with van der Waals surface area (Å²) in [6, 6.07) is 14.0. The van der Waals surface area contributed by atoms with Crippen molar-refractivity contribution in [3.05, 3.63) is 64.2 Å². The molecule has 4 atom stereocenters. The molecule has 2 heterocycles. The van der Waals surface area contributed by atoms with Crippen LogP contribution in [0.2, 0.25) is 5.02 Å². The van der Waals surface area contributed by atoms with Crippen LogP contribution in [0.3, 0.4) is 0 Å². The van der Waals surface area contributed by atoms with Gasteiger partial charge in [-0.1, -0.05) is 35.9 Å². The number of benzene rings is 2. The highest BCUT2D eigenvalue weighted by molar-refractivity contribution is 6.31. The van der Waals surface area contributed by atoms with Crippen molar-refractivity contribution in [2.75, 3.05) is 26.7 Å². The Morgan fingerprint density at radius 2 is 2.03 bits per heavy atom. The van der Waals surface area contributed by atoms with E-state index < -0.39 is 6.10 Å². The number of aliphatic hydroxyl groups is 1. The zero-order chi connectivity index (χ0) is 24.1. The smallest absolute Gasteiger partial charge is 0.237 e. The Morgan fingerprint density at radius 1 is 1.24 bits per heavy atom. The molecule has 0 aromatic heterocycles. The maximum Gasteiger partial charge on any atom is 0.237 e. The second-order valence-corrected chi connectivity index (χ2v) is 9.65. The highest BCUT2D eigenvalue weighted by Crippen LogP contribution is 2.35. The Kier molecular flexibility index (Phi) is 8.48. The predicted octanol–water partition coefficient (Wildman–Crippen LogP) is 4.12. The molecule has 2 N–H and O–H groups in total. The molecule has 2 aliphatic heterocycles. The number of carbonyl (C=O) groups excluding carboxylic acids is 1. The summed E-state index contributed by atoms with van der Waals surface area (Å²) in [5.41, 5.74) is 3.21. The minimum atomic E-state index is -0.435. The Morgan fingerprint density at radius 3 is 2.76 bits per heavy atom. The number of rotatable bonds is 8. The zero-order valence-electron chi connectivity index (χ0n) is 20.0. The van der Waals surface area contributed by atoms with E-state index in [4.69, 9.17) is 21.1 Å². The number of hydrogen-bond acceptors (Lipinski definition) is 5. The lowest BCUT2D eigenvalue weighted by Gasteiger charge is -2.36. The molecule has 2 saturated heterocycles. The van der Waals surface area contributed by atoms with Crippen molar-refractivity contribution in [1.82, 2.24) is 10.2 Å². The molecule has 0 spiro atoms. The molecule has 7 heteroatoms. The van der Waals surface area contributed by atoms with Gasteiger partial charge in [-0.05, 0) is 67.6 Å². The van der Waals surface area contributed by atoms with Crippen molar-refractivity contribution in [3.63, 3.8) is 0 Å². The highest BCUT2D eigenvalue weighted by atomic mass is 35.5. The number of halogens is 1. The van der Waals surface area contributed by atoms with Crippen LogP contribution in [0.5, 0.6) is 5.75 Å². The van der Waals surface area contributed by atoms with E-state index >= 15 is 0 Å². The van der Waals surface area contributed by atoms with E-state index in [0.717, 1.165) is 46.8 Å². The first-order valence-electron chi connectivity index (χ1n) is 12.3. The molecule has 2 fully saturated rings. The maximum atomic E-state index is 12.2. The molecule has 0 radical (unpaired) electrons. The van der Waals surface area contributed by atoms with Gasteiger partial charge in [-0.3, -0.25) is 9.69 Å². The summed E-state index contributed by atoms with van der Waals surface area (Å²) >= 11 is 6.54. The molecule has 2 aromatic carbocycles. The number of nitrogens with one attached hydrogen (secondary N) is 1. The fraction of sp³-hybridized carbons (Fsp3) is 0.519. The van der Waals surface area contributed by atoms with Gasteiger partial charge in [-0.2, -0.15) is 0 Å². The Balaban J connectivity index is 1.45. The van der Waals surface area contributed by atoms with Gasteiger partial charge in [0.2, 0.25) is 5.91 Å². The molecule has 0 saturated carbocycles. The van der Waals surface area contributed by atoms with Crippen LogP contribution in [0.15, 0.2) is 42.5 Å². The molecule has 1 amide bonds. The van der Waals surface area contributed by atoms with Gasteiger partial charge in [-0.15, -0.1) is 0 Å². The third kappa shape index (κ3) is 6.11. The predicted molar refractivity (Wildman–Crippen MR) is 133 cm³/mol. The summed E-state index contributed by atoms with van der Waals surface area (Å²) in [6.07, 6.45) is 2.96. The first kappa shape index (κ1) is 25.0. The van der Waals surface area contributed by atoms with Gasteiger partial charge < -0.3 is 19.9 Å². The highest BCUT2D eigenvalue weighted by Gasteiger charge is 2.35. The number of carbonyl (C=O) groups is 1. The minimum Gasteiger partial charge on any atom is -0.494 e. The van der Waals surface area contributed by atoms with E-state index in [1.54, 1.807) is 7.05 Å². The zero-order valence-corrected chi connectivity index (χ0v) is 20.8. The standard InChI is InChI=1S/C27H35ClN2O4/c1-3-33-22-9-6-18(7-10-22)13-20-14-19(8-11-24(20)28)26-16-21(31)15-23(34-26)17-30-12-4-5-25(30)27(32)29-2/h6-11,14,21,23,25-26,31H,3-5,12-13,15-17H2,1-2H3,(H,29,32). The van der Waals surface area contributed by atoms with E-state index in [9.17, 15) is 9.90 Å². The van der Waals surface area contributed by atoms with Gasteiger partial charge in [0.05, 0.1) is 31.0 Å². The lowest BCUT2D eigenvalue weighted by molar-refractivity contribution is -0.128. The summed E-state index contributed by atoms with van der Waals surface area (Å²) in [5.74, 6) is 0.917. The lowest BCUT2D eigenvalue weighted by Crippen LogP contribution is -2.47. The van der Waals surface area contributed by atoms with E-state index in [1.807, 2.05) is 31.2 Å². The van der Waals surface area contributed by atoms with E-state index in [1.165, 1.54) is 0 Å². The summed E-state index contributed by atoms with van der Waals surface area (Å²) in [7, 11) is 1.68. The fourth-order valence-electron chi connectivity index (χ4n) is 5.11. The Hall–Kier alpha value is -2.12. The van der Waals surface area contributed by atoms with Crippen LogP contribution in [0, 0.1) is 0 Å². The number of likely N-dealkylation sites (N-methyl/N-ethyl adjacent to an activating group) is 1. The van der Waals surface area contributed by atoms with Crippen molar-refractivity contribution in [2.45, 2.75) is 63.4 Å². The first-order chi connectivity index (χ1) is 16.5. The monoisotopic (exact) mass is 486 g/mol. The summed E-state index contributed by atoms with van der Waals surface area (Å²) in [4.78, 5) is 14.4. The molecule has 34 heavy (non-hydrogen) atoms. The molecule has 4 rings (SSSR count). The van der Waals surface area contributed by atoms with Crippen molar-refractivity contribution < 1.29 is 19.4 Å². The molecule has 6 nitrogen and oxygen atoms in total. The van der Waals surface area contributed by atoms with Crippen LogP contribution in [0.4, 0.5) is 0 Å². The van der Waals surface area contributed by atoms with Crippen LogP contribution >= 0.6 is 11.6 Å². The van der Waals surface area contributed by atoms with Gasteiger partial charge in [0.25, 0.3) is 0 Å². The third-order valence-corrected chi connectivity index (χ3v) is 7.17. The average Bonchev–Trinajstić information content (AvgIpc) is 3.29. The number of likely N-dealkylation sites (tertiary alicyclic amines) is 1. The largest absolute Gasteiger partial charge is 0.494 e. The van der Waals surface area contributed by atoms with Gasteiger partial charge in [0, 0.05) is 31.5 Å². The van der Waals surface area contributed by atoms with Crippen molar-refractivity contribution in [2.24, 2.45) is 0 Å². The molecule has 0 bridgehead atoms. The number of ether oxygens (including phenoxy) is 2. The molecule has 2 aromatic rings. The average molecular weight is 487 g/mol. The lowest BCUT2D eigenvalue weighted by atomic mass is 9.93. The Bertz CT molecular complexity index is 968. The molecular formula is C27H35ClN2O4. The quantitative estimate of drug-likeness (QED) is 0.587. The molecule has 2 aliphatic rings. The van der Waals surface area contributed by atoms with Gasteiger partial charge in [0.15, 0.2) is 0 Å². The number of nitrogens with zero attached hydrogens (tertiary/aromatic N) is 1. The normalized spacial score (nSPS) is 25.3. The van der Waals surface area contributed by atoms with E-state index in [0.29, 0.717) is 32.4 Å². The van der Waals surface area contributed by atoms with Gasteiger partial charge in [-0.25, -0.2) is 0 Å². The molecule has 0 aliphatic carbocycles. The fourth-order valence-corrected chi connectivity index (χ4v) is 5.30. The SMILES string of the molecule is CCOc1ccc(Cc2cc(C3CC(O)CC(CN4CCCC4C(=O)NC)O3)ccc2Cl)cc1. The minimum absolute atomic E-state index is 0.0574. The van der Waals surface area contributed by atoms with Crippen LogP contribution < -0.4 is 10.1 Å². The number of hydrogen-bond donors (Lipinski definition) is 2. The van der Waals surface area contributed by atoms with Crippen LogP contribution in [-0.4, -0.2) is 60.9 Å². The van der Waals surface area contributed by atoms with Crippen molar-refractivity contribution >= 4 is 17.5 Å². The van der Waals surface area contributed by atoms with Gasteiger partial charge in [0.1, 0.15) is 5.75 Å². The maximum absolute atomic E-state index is 12.2. The van der Waals surface area contributed by atoms with Gasteiger partial charge >= 0.3 is 0 Å². The summed E-state index contributed by atoms with van der Waals surface area (Å²) in [5, 5.41) is 14.1. The van der Waals surface area contributed by atoms with Crippen LogP contribution in [0.25, 0.3) is 0 Å². The van der Waals surface area contributed by atoms with Crippen molar-refractivity contribution in [1.29, 1.82) is 0 Å². The Labute approximate surface area is 207 Å². The van der Waals surface area contributed by atoms with E-state index in [-0.39, 0.29) is 24.2 Å². The molecule has 4 unspecified atom stereocenters. The number of amides is 1. The summed E-state index contributed by atoms with van der Waals surface area (Å²) in [6.45, 7) is 4.15. The van der Waals surface area contributed by atoms with Crippen LogP contribution in [-0.2, 0) is 16.0 Å². The first-order valence-corrected chi connectivity index (χ1v) is 12.6. The third-order valence-electron chi connectivity index (χ3n) is 6.80. The molecular weight excluding hydrogens is 452 g/mol. The number of aliphatic hydroxyl groups excluding tert-OH is 1. The van der Waals surface area contributed by atoms with Crippen molar-refractivity contribution in [3.8, 4) is 5.75 Å². The van der Waals surface area contributed by atoms with E-state index in [2.05, 4.69) is 28.4 Å². The summed E-state index contributed by atoms with van der Waals surface area (Å²) < 4.78 is 12.0.